The van der Waals surface area contributed by atoms with Crippen LogP contribution >= 0.6 is 0 Å². The van der Waals surface area contributed by atoms with E-state index in [0.717, 1.165) is 36.1 Å². The van der Waals surface area contributed by atoms with Crippen molar-refractivity contribution in [3.63, 3.8) is 0 Å². The molecule has 0 radical (unpaired) electrons. The molecule has 0 atom stereocenters. The molecule has 14 heteroatoms. The molecule has 4 aromatic carbocycles. The molecule has 0 spiro atoms. The minimum absolute atomic E-state index is 0. The lowest BCUT2D eigenvalue weighted by Gasteiger charge is -1.95. The average molecular weight is 960 g/mol. The fourth-order valence-corrected chi connectivity index (χ4v) is 5.30. The van der Waals surface area contributed by atoms with Crippen molar-refractivity contribution in [2.75, 3.05) is 0 Å². The number of hydrogen-bond acceptors (Lipinski definition) is 0. The van der Waals surface area contributed by atoms with Gasteiger partial charge in [-0.05, 0) is 48.5 Å². The SMILES string of the molecule is O.O.[Br-].[Br-].[Br-].[Br-].c1ccc(-n2cc[n+](C[n+]3ccn(-c4ccccc4)c3)c2)cc1.c1ccc(-n2cc[n+](C[n+]3ccn(-c4ccccc4)c3)c2)cc1. The van der Waals surface area contributed by atoms with Gasteiger partial charge in [0.2, 0.25) is 13.3 Å². The van der Waals surface area contributed by atoms with E-state index in [4.69, 9.17) is 0 Å². The van der Waals surface area contributed by atoms with Crippen LogP contribution in [0.15, 0.2) is 196 Å². The standard InChI is InChI=1S/2C19H18N4.4BrH.2H2O/c2*1-3-7-18(8-4-1)22-13-11-20(16-22)15-21-12-14-23(17-21)19-9-5-2-6-10-19;;;;;;/h2*1-14,16-17H,15H2;4*1H;2*1H2/q2*+2;;;;;;/p-4. The molecule has 0 saturated carbocycles. The van der Waals surface area contributed by atoms with Gasteiger partial charge in [0, 0.05) is 0 Å². The summed E-state index contributed by atoms with van der Waals surface area (Å²) in [5.41, 5.74) is 4.66. The molecule has 4 aromatic heterocycles. The Labute approximate surface area is 345 Å². The number of benzene rings is 4. The van der Waals surface area contributed by atoms with Crippen molar-refractivity contribution in [3.8, 4) is 22.7 Å². The van der Waals surface area contributed by atoms with Crippen LogP contribution in [-0.4, -0.2) is 29.2 Å². The number of rotatable bonds is 8. The molecule has 0 saturated heterocycles. The normalized spacial score (nSPS) is 9.54. The fraction of sp³-hybridized carbons (Fsp3) is 0.0526. The van der Waals surface area contributed by atoms with Gasteiger partial charge >= 0.3 is 0 Å². The van der Waals surface area contributed by atoms with E-state index in [-0.39, 0.29) is 78.9 Å². The van der Waals surface area contributed by atoms with Crippen molar-refractivity contribution < 1.29 is 97.1 Å². The van der Waals surface area contributed by atoms with Crippen molar-refractivity contribution in [1.82, 2.24) is 18.3 Å². The van der Waals surface area contributed by atoms with Gasteiger partial charge in [0.05, 0.1) is 0 Å². The van der Waals surface area contributed by atoms with Crippen molar-refractivity contribution in [2.45, 2.75) is 13.3 Å². The monoisotopic (exact) mass is 956 g/mol. The predicted molar refractivity (Wildman–Crippen MR) is 182 cm³/mol. The van der Waals surface area contributed by atoms with E-state index in [1.165, 1.54) is 0 Å². The molecular weight excluding hydrogens is 920 g/mol. The zero-order valence-electron chi connectivity index (χ0n) is 28.0. The molecule has 4 N–H and O–H groups in total. The van der Waals surface area contributed by atoms with E-state index in [0.29, 0.717) is 0 Å². The Morgan fingerprint density at radius 3 is 0.692 bits per heavy atom. The molecule has 8 rings (SSSR count). The highest BCUT2D eigenvalue weighted by Gasteiger charge is 2.12. The second-order valence-electron chi connectivity index (χ2n) is 11.0. The summed E-state index contributed by atoms with van der Waals surface area (Å²) < 4.78 is 17.1. The van der Waals surface area contributed by atoms with Gasteiger partial charge in [0.1, 0.15) is 72.3 Å². The molecule has 10 nitrogen and oxygen atoms in total. The summed E-state index contributed by atoms with van der Waals surface area (Å²) in [7, 11) is 0. The molecule has 0 amide bonds. The molecule has 0 aliphatic heterocycles. The Bertz CT molecular complexity index is 1820. The van der Waals surface area contributed by atoms with Gasteiger partial charge < -0.3 is 78.9 Å². The average Bonchev–Trinajstić information content (AvgIpc) is 3.96. The zero-order chi connectivity index (χ0) is 31.0. The highest BCUT2D eigenvalue weighted by Crippen LogP contribution is 2.07. The van der Waals surface area contributed by atoms with Crippen molar-refractivity contribution >= 4 is 0 Å². The van der Waals surface area contributed by atoms with E-state index >= 15 is 0 Å². The molecule has 272 valence electrons. The highest BCUT2D eigenvalue weighted by molar-refractivity contribution is 5.32. The summed E-state index contributed by atoms with van der Waals surface area (Å²) in [6.07, 6.45) is 25.0. The number of nitrogens with zero attached hydrogens (tertiary/aromatic N) is 8. The number of para-hydroxylation sites is 4. The number of halogens is 4. The van der Waals surface area contributed by atoms with E-state index in [1.807, 2.05) is 72.8 Å². The molecule has 0 unspecified atom stereocenters. The van der Waals surface area contributed by atoms with E-state index < -0.39 is 0 Å². The molecule has 0 aliphatic rings. The molecule has 52 heavy (non-hydrogen) atoms. The van der Waals surface area contributed by atoms with Gasteiger partial charge in [-0.3, -0.25) is 0 Å². The lowest BCUT2D eigenvalue weighted by molar-refractivity contribution is -0.912. The van der Waals surface area contributed by atoms with E-state index in [1.54, 1.807) is 0 Å². The summed E-state index contributed by atoms with van der Waals surface area (Å²) in [5, 5.41) is 0. The number of imidazole rings is 4. The van der Waals surface area contributed by atoms with Crippen LogP contribution in [0.1, 0.15) is 0 Å². The van der Waals surface area contributed by atoms with Gasteiger partial charge in [0.25, 0.3) is 25.3 Å². The summed E-state index contributed by atoms with van der Waals surface area (Å²) in [6, 6.07) is 41.3. The number of hydrogen-bond donors (Lipinski definition) is 0. The summed E-state index contributed by atoms with van der Waals surface area (Å²) in [6.45, 7) is 1.55. The van der Waals surface area contributed by atoms with Crippen molar-refractivity contribution in [1.29, 1.82) is 0 Å². The van der Waals surface area contributed by atoms with E-state index in [2.05, 4.69) is 160 Å². The molecule has 0 bridgehead atoms. The third-order valence-corrected chi connectivity index (χ3v) is 7.64. The van der Waals surface area contributed by atoms with Gasteiger partial charge in [-0.2, -0.15) is 18.3 Å². The first-order valence-electron chi connectivity index (χ1n) is 15.3. The van der Waals surface area contributed by atoms with Crippen molar-refractivity contribution in [3.05, 3.63) is 196 Å². The molecule has 4 heterocycles. The molecule has 0 fully saturated rings. The minimum atomic E-state index is 0. The Balaban J connectivity index is 0.000000466. The maximum Gasteiger partial charge on any atom is 0.252 e. The van der Waals surface area contributed by atoms with Crippen LogP contribution < -0.4 is 86.2 Å². The predicted octanol–water partition coefficient (Wildman–Crippen LogP) is -8.94. The van der Waals surface area contributed by atoms with Crippen LogP contribution in [0.5, 0.6) is 0 Å². The quantitative estimate of drug-likeness (QED) is 0.136. The highest BCUT2D eigenvalue weighted by atomic mass is 79.9. The largest absolute Gasteiger partial charge is 1.00 e. The van der Waals surface area contributed by atoms with Crippen LogP contribution in [0.2, 0.25) is 0 Å². The van der Waals surface area contributed by atoms with Crippen LogP contribution in [0.4, 0.5) is 0 Å². The number of aromatic nitrogens is 8. The third-order valence-electron chi connectivity index (χ3n) is 7.64. The third kappa shape index (κ3) is 11.8. The zero-order valence-corrected chi connectivity index (χ0v) is 34.3. The second kappa shape index (κ2) is 22.5. The first kappa shape index (κ1) is 45.6. The Morgan fingerprint density at radius 1 is 0.308 bits per heavy atom. The Hall–Kier alpha value is -4.44. The summed E-state index contributed by atoms with van der Waals surface area (Å²) in [4.78, 5) is 0. The lowest BCUT2D eigenvalue weighted by atomic mass is 10.3. The molecule has 0 aliphatic carbocycles. The maximum atomic E-state index is 2.16. The lowest BCUT2D eigenvalue weighted by Crippen LogP contribution is -3.00. The topological polar surface area (TPSA) is 98.2 Å². The van der Waals surface area contributed by atoms with Crippen molar-refractivity contribution in [2.24, 2.45) is 0 Å². The van der Waals surface area contributed by atoms with Crippen LogP contribution in [0.3, 0.4) is 0 Å². The van der Waals surface area contributed by atoms with Gasteiger partial charge in [-0.1, -0.05) is 72.8 Å². The smallest absolute Gasteiger partial charge is 0.252 e. The molecular formula is C38H40Br4N8O2. The fourth-order valence-electron chi connectivity index (χ4n) is 5.30. The summed E-state index contributed by atoms with van der Waals surface area (Å²) >= 11 is 0. The van der Waals surface area contributed by atoms with Crippen LogP contribution in [-0.2, 0) is 13.3 Å². The van der Waals surface area contributed by atoms with Gasteiger partial charge in [-0.15, -0.1) is 0 Å². The summed E-state index contributed by atoms with van der Waals surface area (Å²) in [5.74, 6) is 0. The van der Waals surface area contributed by atoms with Crippen LogP contribution in [0, 0.1) is 0 Å². The van der Waals surface area contributed by atoms with E-state index in [9.17, 15) is 0 Å². The Kier molecular flexibility index (Phi) is 19.7. The first-order chi connectivity index (χ1) is 22.8. The van der Waals surface area contributed by atoms with Gasteiger partial charge in [0.15, 0.2) is 0 Å². The second-order valence-corrected chi connectivity index (χ2v) is 11.0. The Morgan fingerprint density at radius 2 is 0.500 bits per heavy atom. The van der Waals surface area contributed by atoms with Crippen LogP contribution in [0.25, 0.3) is 22.7 Å². The first-order valence-corrected chi connectivity index (χ1v) is 15.3. The molecule has 8 aromatic rings. The maximum absolute atomic E-state index is 2.16. The van der Waals surface area contributed by atoms with Gasteiger partial charge in [-0.25, -0.2) is 18.3 Å². The minimum Gasteiger partial charge on any atom is -1.00 e.